The lowest BCUT2D eigenvalue weighted by Crippen LogP contribution is -2.54. The van der Waals surface area contributed by atoms with E-state index in [1.165, 1.54) is 42.6 Å². The summed E-state index contributed by atoms with van der Waals surface area (Å²) in [6, 6.07) is 0.524. The number of aromatic amines is 1. The lowest BCUT2D eigenvalue weighted by atomic mass is 9.76. The van der Waals surface area contributed by atoms with Crippen LogP contribution in [0.2, 0.25) is 0 Å². The van der Waals surface area contributed by atoms with Gasteiger partial charge in [0.15, 0.2) is 0 Å². The van der Waals surface area contributed by atoms with Crippen molar-refractivity contribution in [3.05, 3.63) is 29.1 Å². The minimum atomic E-state index is -0.123. The molecule has 3 heterocycles. The van der Waals surface area contributed by atoms with Gasteiger partial charge in [-0.05, 0) is 81.9 Å². The SMILES string of the molecule is C[C@H](C(=O)N(CCO)C1C=CC2CC(c3n[nH]c4c3CCC(C)(C)C4)NC2C1)N1CCCCC1. The van der Waals surface area contributed by atoms with Crippen LogP contribution in [0.15, 0.2) is 12.2 Å². The van der Waals surface area contributed by atoms with Crippen molar-refractivity contribution in [3.8, 4) is 0 Å². The average Bonchev–Trinajstić information content (AvgIpc) is 3.44. The minimum absolute atomic E-state index is 0.00268. The Bertz CT molecular complexity index is 903. The van der Waals surface area contributed by atoms with Crippen molar-refractivity contribution in [3.63, 3.8) is 0 Å². The number of aromatic nitrogens is 2. The van der Waals surface area contributed by atoms with Gasteiger partial charge in [-0.2, -0.15) is 5.10 Å². The van der Waals surface area contributed by atoms with Gasteiger partial charge in [-0.25, -0.2) is 0 Å². The number of rotatable bonds is 6. The minimum Gasteiger partial charge on any atom is -0.395 e. The summed E-state index contributed by atoms with van der Waals surface area (Å²) < 4.78 is 0. The Kier molecular flexibility index (Phi) is 6.88. The third kappa shape index (κ3) is 4.71. The van der Waals surface area contributed by atoms with Crippen molar-refractivity contribution < 1.29 is 9.90 Å². The number of nitrogens with zero attached hydrogens (tertiary/aromatic N) is 3. The van der Waals surface area contributed by atoms with Crippen LogP contribution >= 0.6 is 0 Å². The molecule has 2 aliphatic carbocycles. The molecule has 0 saturated carbocycles. The van der Waals surface area contributed by atoms with E-state index < -0.39 is 0 Å². The third-order valence-electron chi connectivity index (χ3n) is 8.86. The van der Waals surface area contributed by atoms with Crippen molar-refractivity contribution in [2.24, 2.45) is 11.3 Å². The standard InChI is InChI=1S/C27H43N5O2/c1-18(31-11-5-4-6-12-31)26(34)32(13-14-33)20-8-7-19-15-23(28-22(19)16-20)25-21-9-10-27(2,3)17-24(21)29-30-25/h7-8,18-20,22-23,28,33H,4-6,9-17H2,1-3H3,(H,29,30)/t18-,19?,20?,22?,23?/m1/s1. The molecule has 1 aromatic heterocycles. The largest absolute Gasteiger partial charge is 0.395 e. The van der Waals surface area contributed by atoms with Crippen molar-refractivity contribution in [2.75, 3.05) is 26.2 Å². The summed E-state index contributed by atoms with van der Waals surface area (Å²) in [7, 11) is 0. The first-order valence-corrected chi connectivity index (χ1v) is 13.5. The quantitative estimate of drug-likeness (QED) is 0.558. The molecule has 4 aliphatic rings. The summed E-state index contributed by atoms with van der Waals surface area (Å²) in [5.41, 5.74) is 4.32. The molecule has 0 aromatic carbocycles. The van der Waals surface area contributed by atoms with Crippen LogP contribution in [0.3, 0.4) is 0 Å². The fourth-order valence-electron chi connectivity index (χ4n) is 6.78. The van der Waals surface area contributed by atoms with Gasteiger partial charge in [-0.1, -0.05) is 32.4 Å². The summed E-state index contributed by atoms with van der Waals surface area (Å²) >= 11 is 0. The molecule has 0 spiro atoms. The Balaban J connectivity index is 1.26. The molecule has 1 amide bonds. The molecule has 188 valence electrons. The van der Waals surface area contributed by atoms with E-state index in [9.17, 15) is 9.90 Å². The molecule has 34 heavy (non-hydrogen) atoms. The number of nitrogens with one attached hydrogen (secondary N) is 2. The van der Waals surface area contributed by atoms with Crippen LogP contribution in [0.25, 0.3) is 0 Å². The molecule has 7 heteroatoms. The number of hydrogen-bond donors (Lipinski definition) is 3. The number of likely N-dealkylation sites (tertiary alicyclic amines) is 1. The Morgan fingerprint density at radius 1 is 1.26 bits per heavy atom. The summed E-state index contributed by atoms with van der Waals surface area (Å²) in [6.45, 7) is 9.13. The second-order valence-electron chi connectivity index (χ2n) is 11.8. The fraction of sp³-hybridized carbons (Fsp3) is 0.778. The van der Waals surface area contributed by atoms with Crippen LogP contribution < -0.4 is 5.32 Å². The molecular weight excluding hydrogens is 426 g/mol. The lowest BCUT2D eigenvalue weighted by molar-refractivity contribution is -0.139. The number of hydrogen-bond acceptors (Lipinski definition) is 5. The molecule has 1 aromatic rings. The zero-order valence-electron chi connectivity index (χ0n) is 21.2. The fourth-order valence-corrected chi connectivity index (χ4v) is 6.78. The molecule has 3 N–H and O–H groups in total. The van der Waals surface area contributed by atoms with Crippen LogP contribution in [-0.4, -0.2) is 75.4 Å². The monoisotopic (exact) mass is 469 g/mol. The molecule has 0 bridgehead atoms. The lowest BCUT2D eigenvalue weighted by Gasteiger charge is -2.39. The van der Waals surface area contributed by atoms with Gasteiger partial charge in [0.05, 0.1) is 30.4 Å². The highest BCUT2D eigenvalue weighted by Crippen LogP contribution is 2.41. The number of piperidine rings is 1. The molecule has 5 atom stereocenters. The van der Waals surface area contributed by atoms with E-state index in [1.54, 1.807) is 0 Å². The van der Waals surface area contributed by atoms with Crippen molar-refractivity contribution in [1.29, 1.82) is 0 Å². The van der Waals surface area contributed by atoms with E-state index >= 15 is 0 Å². The second-order valence-corrected chi connectivity index (χ2v) is 11.8. The number of carbonyl (C=O) groups is 1. The Morgan fingerprint density at radius 3 is 2.82 bits per heavy atom. The molecule has 5 rings (SSSR count). The first-order valence-electron chi connectivity index (χ1n) is 13.5. The van der Waals surface area contributed by atoms with Crippen LogP contribution in [-0.2, 0) is 17.6 Å². The number of aliphatic hydroxyl groups excluding tert-OH is 1. The maximum Gasteiger partial charge on any atom is 0.240 e. The summed E-state index contributed by atoms with van der Waals surface area (Å²) in [6.07, 6.45) is 13.5. The number of amides is 1. The molecule has 0 radical (unpaired) electrons. The second kappa shape index (κ2) is 9.75. The van der Waals surface area contributed by atoms with Crippen LogP contribution in [0, 0.1) is 11.3 Å². The van der Waals surface area contributed by atoms with Crippen LogP contribution in [0.1, 0.15) is 82.3 Å². The molecule has 2 aliphatic heterocycles. The van der Waals surface area contributed by atoms with Crippen LogP contribution in [0.5, 0.6) is 0 Å². The van der Waals surface area contributed by atoms with Crippen LogP contribution in [0.4, 0.5) is 0 Å². The number of H-pyrrole nitrogens is 1. The van der Waals surface area contributed by atoms with E-state index in [0.29, 0.717) is 23.9 Å². The maximum atomic E-state index is 13.5. The van der Waals surface area contributed by atoms with Crippen molar-refractivity contribution in [1.82, 2.24) is 25.3 Å². The smallest absolute Gasteiger partial charge is 0.240 e. The van der Waals surface area contributed by atoms with E-state index in [4.69, 9.17) is 5.10 Å². The number of carbonyl (C=O) groups excluding carboxylic acids is 1. The predicted octanol–water partition coefficient (Wildman–Crippen LogP) is 2.97. The molecular formula is C27H43N5O2. The van der Waals surface area contributed by atoms with E-state index in [0.717, 1.165) is 38.8 Å². The summed E-state index contributed by atoms with van der Waals surface area (Å²) in [5.74, 6) is 0.627. The van der Waals surface area contributed by atoms with E-state index in [-0.39, 0.29) is 30.6 Å². The van der Waals surface area contributed by atoms with Gasteiger partial charge in [-0.15, -0.1) is 0 Å². The molecule has 2 saturated heterocycles. The number of aliphatic hydroxyl groups is 1. The highest BCUT2D eigenvalue weighted by molar-refractivity contribution is 5.82. The van der Waals surface area contributed by atoms with Gasteiger partial charge in [0, 0.05) is 18.3 Å². The normalized spacial score (nSPS) is 31.6. The zero-order valence-corrected chi connectivity index (χ0v) is 21.2. The van der Waals surface area contributed by atoms with Gasteiger partial charge < -0.3 is 15.3 Å². The van der Waals surface area contributed by atoms with Gasteiger partial charge in [0.2, 0.25) is 5.91 Å². The molecule has 4 unspecified atom stereocenters. The zero-order chi connectivity index (χ0) is 23.9. The van der Waals surface area contributed by atoms with Gasteiger partial charge in [0.25, 0.3) is 0 Å². The highest BCUT2D eigenvalue weighted by Gasteiger charge is 2.41. The van der Waals surface area contributed by atoms with Gasteiger partial charge in [-0.3, -0.25) is 14.8 Å². The molecule has 2 fully saturated rings. The highest BCUT2D eigenvalue weighted by atomic mass is 16.3. The topological polar surface area (TPSA) is 84.5 Å². The van der Waals surface area contributed by atoms with Gasteiger partial charge >= 0.3 is 0 Å². The Hall–Kier alpha value is -1.70. The third-order valence-corrected chi connectivity index (χ3v) is 8.86. The van der Waals surface area contributed by atoms with Crippen molar-refractivity contribution in [2.45, 2.75) is 96.3 Å². The molecule has 7 nitrogen and oxygen atoms in total. The predicted molar refractivity (Wildman–Crippen MR) is 133 cm³/mol. The first-order chi connectivity index (χ1) is 16.4. The Morgan fingerprint density at radius 2 is 2.06 bits per heavy atom. The summed E-state index contributed by atoms with van der Waals surface area (Å²) in [5, 5.41) is 21.8. The summed E-state index contributed by atoms with van der Waals surface area (Å²) in [4.78, 5) is 17.7. The Labute approximate surface area is 204 Å². The maximum absolute atomic E-state index is 13.5. The van der Waals surface area contributed by atoms with Crippen molar-refractivity contribution >= 4 is 5.91 Å². The van der Waals surface area contributed by atoms with E-state index in [2.05, 4.69) is 41.3 Å². The average molecular weight is 470 g/mol. The van der Waals surface area contributed by atoms with Gasteiger partial charge in [0.1, 0.15) is 0 Å². The number of fused-ring (bicyclic) bond motifs is 2. The van der Waals surface area contributed by atoms with E-state index in [1.807, 2.05) is 11.8 Å². The first kappa shape index (κ1) is 24.0.